The second-order valence-corrected chi connectivity index (χ2v) is 6.89. The van der Waals surface area contributed by atoms with E-state index in [1.165, 1.54) is 0 Å². The molecule has 1 N–H and O–H groups in total. The maximum atomic E-state index is 6.07. The summed E-state index contributed by atoms with van der Waals surface area (Å²) in [4.78, 5) is 4.64. The number of H-pyrrole nitrogens is 1. The van der Waals surface area contributed by atoms with Gasteiger partial charge in [0.15, 0.2) is 17.3 Å². The highest BCUT2D eigenvalue weighted by atomic mass is 35.5. The molecule has 1 aromatic heterocycles. The van der Waals surface area contributed by atoms with Crippen LogP contribution in [0, 0.1) is 0 Å². The Bertz CT molecular complexity index is 935. The molecule has 7 heteroatoms. The molecular weight excluding hydrogens is 364 g/mol. The van der Waals surface area contributed by atoms with Gasteiger partial charge in [-0.1, -0.05) is 17.7 Å². The second kappa shape index (κ2) is 7.56. The highest BCUT2D eigenvalue weighted by Crippen LogP contribution is 2.38. The summed E-state index contributed by atoms with van der Waals surface area (Å²) >= 11 is 6.07. The Hall–Kier alpha value is -2.60. The van der Waals surface area contributed by atoms with Gasteiger partial charge in [-0.15, -0.1) is 0 Å². The van der Waals surface area contributed by atoms with Crippen LogP contribution >= 0.6 is 11.6 Å². The van der Waals surface area contributed by atoms with E-state index in [1.54, 1.807) is 7.11 Å². The van der Waals surface area contributed by atoms with Crippen molar-refractivity contribution in [2.75, 3.05) is 49.7 Å². The first-order chi connectivity index (χ1) is 13.2. The van der Waals surface area contributed by atoms with Gasteiger partial charge in [-0.3, -0.25) is 5.10 Å². The smallest absolute Gasteiger partial charge is 0.184 e. The van der Waals surface area contributed by atoms with E-state index >= 15 is 0 Å². The van der Waals surface area contributed by atoms with Gasteiger partial charge in [0.05, 0.1) is 24.9 Å². The molecular formula is C20H23ClN4O2. The SMILES string of the molecule is CCOc1cccc(N2CCN(c3n[nH]c4cc(Cl)ccc34)CC2)c1OC. The van der Waals surface area contributed by atoms with Crippen LogP contribution in [0.4, 0.5) is 11.5 Å². The van der Waals surface area contributed by atoms with Crippen LogP contribution in [-0.4, -0.2) is 50.1 Å². The molecule has 0 bridgehead atoms. The zero-order valence-corrected chi connectivity index (χ0v) is 16.3. The summed E-state index contributed by atoms with van der Waals surface area (Å²) in [5.41, 5.74) is 2.03. The lowest BCUT2D eigenvalue weighted by molar-refractivity contribution is 0.311. The lowest BCUT2D eigenvalue weighted by Crippen LogP contribution is -2.46. The monoisotopic (exact) mass is 386 g/mol. The standard InChI is InChI=1S/C20H23ClN4O2/c1-3-27-18-6-4-5-17(19(18)26-2)24-9-11-25(12-10-24)20-15-8-7-14(21)13-16(15)22-23-20/h4-8,13H,3,9-12H2,1-2H3,(H,22,23). The van der Waals surface area contributed by atoms with E-state index in [9.17, 15) is 0 Å². The topological polar surface area (TPSA) is 53.6 Å². The number of nitrogens with one attached hydrogen (secondary N) is 1. The maximum Gasteiger partial charge on any atom is 0.184 e. The molecule has 142 valence electrons. The Kier molecular flexibility index (Phi) is 4.99. The minimum atomic E-state index is 0.615. The third-order valence-electron chi connectivity index (χ3n) is 4.89. The molecule has 1 saturated heterocycles. The number of piperazine rings is 1. The molecule has 0 atom stereocenters. The van der Waals surface area contributed by atoms with Gasteiger partial charge in [0.1, 0.15) is 0 Å². The Balaban J connectivity index is 1.53. The average Bonchev–Trinajstić information content (AvgIpc) is 3.11. The van der Waals surface area contributed by atoms with E-state index in [-0.39, 0.29) is 0 Å². The van der Waals surface area contributed by atoms with Crippen molar-refractivity contribution < 1.29 is 9.47 Å². The highest BCUT2D eigenvalue weighted by molar-refractivity contribution is 6.31. The number of hydrogen-bond acceptors (Lipinski definition) is 5. The second-order valence-electron chi connectivity index (χ2n) is 6.45. The van der Waals surface area contributed by atoms with Crippen molar-refractivity contribution in [1.82, 2.24) is 10.2 Å². The number of halogens is 1. The fraction of sp³-hybridized carbons (Fsp3) is 0.350. The molecule has 0 amide bonds. The van der Waals surface area contributed by atoms with Crippen molar-refractivity contribution in [2.24, 2.45) is 0 Å². The third kappa shape index (κ3) is 3.37. The molecule has 1 aliphatic heterocycles. The molecule has 0 saturated carbocycles. The predicted molar refractivity (Wildman–Crippen MR) is 110 cm³/mol. The van der Waals surface area contributed by atoms with E-state index in [2.05, 4.69) is 26.1 Å². The van der Waals surface area contributed by atoms with Crippen LogP contribution in [0.2, 0.25) is 5.02 Å². The number of anilines is 2. The predicted octanol–water partition coefficient (Wildman–Crippen LogP) is 3.95. The molecule has 0 aliphatic carbocycles. The summed E-state index contributed by atoms with van der Waals surface area (Å²) in [5, 5.41) is 9.40. The van der Waals surface area contributed by atoms with Crippen LogP contribution in [0.1, 0.15) is 6.92 Å². The molecule has 0 spiro atoms. The molecule has 2 aromatic carbocycles. The van der Waals surface area contributed by atoms with Gasteiger partial charge in [0.25, 0.3) is 0 Å². The van der Waals surface area contributed by atoms with E-state index in [0.29, 0.717) is 11.6 Å². The van der Waals surface area contributed by atoms with Gasteiger partial charge in [0, 0.05) is 36.6 Å². The van der Waals surface area contributed by atoms with E-state index in [0.717, 1.165) is 60.1 Å². The first kappa shape index (κ1) is 17.8. The van der Waals surface area contributed by atoms with Crippen molar-refractivity contribution in [3.05, 3.63) is 41.4 Å². The number of aromatic nitrogens is 2. The number of para-hydroxylation sites is 1. The van der Waals surface area contributed by atoms with Gasteiger partial charge in [-0.25, -0.2) is 0 Å². The number of methoxy groups -OCH3 is 1. The van der Waals surface area contributed by atoms with Crippen LogP contribution < -0.4 is 19.3 Å². The summed E-state index contributed by atoms with van der Waals surface area (Å²) < 4.78 is 11.4. The Morgan fingerprint density at radius 3 is 2.63 bits per heavy atom. The number of hydrogen-bond donors (Lipinski definition) is 1. The minimum Gasteiger partial charge on any atom is -0.491 e. The Morgan fingerprint density at radius 1 is 1.11 bits per heavy atom. The van der Waals surface area contributed by atoms with E-state index in [1.807, 2.05) is 37.3 Å². The molecule has 27 heavy (non-hydrogen) atoms. The normalized spacial score (nSPS) is 14.6. The number of benzene rings is 2. The maximum absolute atomic E-state index is 6.07. The first-order valence-electron chi connectivity index (χ1n) is 9.14. The fourth-order valence-corrected chi connectivity index (χ4v) is 3.78. The molecule has 0 radical (unpaired) electrons. The summed E-state index contributed by atoms with van der Waals surface area (Å²) in [5.74, 6) is 2.57. The number of ether oxygens (including phenoxy) is 2. The molecule has 0 unspecified atom stereocenters. The Labute approximate surface area is 163 Å². The van der Waals surface area contributed by atoms with Crippen LogP contribution in [0.15, 0.2) is 36.4 Å². The van der Waals surface area contributed by atoms with Gasteiger partial charge < -0.3 is 19.3 Å². The summed E-state index contributed by atoms with van der Waals surface area (Å²) in [7, 11) is 1.69. The molecule has 6 nitrogen and oxygen atoms in total. The number of nitrogens with zero attached hydrogens (tertiary/aromatic N) is 3. The van der Waals surface area contributed by atoms with E-state index in [4.69, 9.17) is 21.1 Å². The van der Waals surface area contributed by atoms with Crippen LogP contribution in [0.5, 0.6) is 11.5 Å². The number of fused-ring (bicyclic) bond motifs is 1. The number of aromatic amines is 1. The van der Waals surface area contributed by atoms with Crippen molar-refractivity contribution >= 4 is 34.0 Å². The largest absolute Gasteiger partial charge is 0.491 e. The van der Waals surface area contributed by atoms with Crippen LogP contribution in [0.3, 0.4) is 0 Å². The van der Waals surface area contributed by atoms with Gasteiger partial charge in [-0.2, -0.15) is 5.10 Å². The van der Waals surface area contributed by atoms with Gasteiger partial charge >= 0.3 is 0 Å². The zero-order valence-electron chi connectivity index (χ0n) is 15.5. The molecule has 2 heterocycles. The Morgan fingerprint density at radius 2 is 1.89 bits per heavy atom. The lowest BCUT2D eigenvalue weighted by atomic mass is 10.2. The van der Waals surface area contributed by atoms with Crippen molar-refractivity contribution in [3.8, 4) is 11.5 Å². The molecule has 1 aliphatic rings. The summed E-state index contributed by atoms with van der Waals surface area (Å²) in [6, 6.07) is 11.9. The highest BCUT2D eigenvalue weighted by Gasteiger charge is 2.24. The van der Waals surface area contributed by atoms with Crippen molar-refractivity contribution in [1.29, 1.82) is 0 Å². The van der Waals surface area contributed by atoms with Crippen molar-refractivity contribution in [2.45, 2.75) is 6.92 Å². The van der Waals surface area contributed by atoms with Gasteiger partial charge in [-0.05, 0) is 37.3 Å². The van der Waals surface area contributed by atoms with Crippen LogP contribution in [0.25, 0.3) is 10.9 Å². The minimum absolute atomic E-state index is 0.615. The lowest BCUT2D eigenvalue weighted by Gasteiger charge is -2.37. The molecule has 4 rings (SSSR count). The quantitative estimate of drug-likeness (QED) is 0.719. The molecule has 1 fully saturated rings. The first-order valence-corrected chi connectivity index (χ1v) is 9.52. The average molecular weight is 387 g/mol. The van der Waals surface area contributed by atoms with E-state index < -0.39 is 0 Å². The number of rotatable bonds is 5. The summed E-state index contributed by atoms with van der Waals surface area (Å²) in [6.45, 7) is 6.12. The molecule has 3 aromatic rings. The third-order valence-corrected chi connectivity index (χ3v) is 5.12. The van der Waals surface area contributed by atoms with Crippen LogP contribution in [-0.2, 0) is 0 Å². The van der Waals surface area contributed by atoms with Crippen molar-refractivity contribution in [3.63, 3.8) is 0 Å². The fourth-order valence-electron chi connectivity index (χ4n) is 3.61. The van der Waals surface area contributed by atoms with Gasteiger partial charge in [0.2, 0.25) is 0 Å². The zero-order chi connectivity index (χ0) is 18.8. The summed E-state index contributed by atoms with van der Waals surface area (Å²) in [6.07, 6.45) is 0.